The van der Waals surface area contributed by atoms with E-state index < -0.39 is 0 Å². The lowest BCUT2D eigenvalue weighted by molar-refractivity contribution is 0.222. The standard InChI is InChI=1S/C21H27N5O.2ClH/c22-21(23)26-12-7-17-1-2-20(13-18(17)14-26)27-15-16-5-10-25(11-6-16)19-3-8-24-9-4-19;;/h1-4,8-9,13,16H,5-7,10-12,14-15H2,(H3,22,23);2*1H. The molecule has 0 bridgehead atoms. The monoisotopic (exact) mass is 437 g/mol. The van der Waals surface area contributed by atoms with Crippen LogP contribution in [0.15, 0.2) is 42.7 Å². The first-order valence-corrected chi connectivity index (χ1v) is 9.67. The Morgan fingerprint density at radius 3 is 2.48 bits per heavy atom. The number of aromatic nitrogens is 1. The molecule has 1 aromatic carbocycles. The summed E-state index contributed by atoms with van der Waals surface area (Å²) in [5.41, 5.74) is 9.46. The fourth-order valence-electron chi connectivity index (χ4n) is 3.96. The summed E-state index contributed by atoms with van der Waals surface area (Å²) in [6, 6.07) is 10.5. The predicted octanol–water partition coefficient (Wildman–Crippen LogP) is 3.47. The third-order valence-corrected chi connectivity index (χ3v) is 5.66. The molecule has 1 aromatic heterocycles. The number of nitrogens with zero attached hydrogens (tertiary/aromatic N) is 3. The SMILES string of the molecule is Cl.Cl.N=C(N)N1CCc2ccc(OCC3CCN(c4ccncc4)CC3)cc2C1. The number of rotatable bonds is 4. The Morgan fingerprint density at radius 2 is 1.79 bits per heavy atom. The van der Waals surface area contributed by atoms with Crippen molar-refractivity contribution >= 4 is 36.5 Å². The molecule has 6 nitrogen and oxygen atoms in total. The summed E-state index contributed by atoms with van der Waals surface area (Å²) in [5, 5.41) is 7.64. The number of halogens is 2. The highest BCUT2D eigenvalue weighted by atomic mass is 35.5. The molecule has 8 heteroatoms. The Hall–Kier alpha value is -2.18. The summed E-state index contributed by atoms with van der Waals surface area (Å²) in [7, 11) is 0. The first-order chi connectivity index (χ1) is 13.2. The van der Waals surface area contributed by atoms with Crippen molar-refractivity contribution in [3.63, 3.8) is 0 Å². The zero-order valence-corrected chi connectivity index (χ0v) is 18.1. The van der Waals surface area contributed by atoms with Gasteiger partial charge in [-0.2, -0.15) is 0 Å². The average molecular weight is 438 g/mol. The maximum atomic E-state index is 7.64. The van der Waals surface area contributed by atoms with E-state index in [1.807, 2.05) is 17.3 Å². The molecule has 2 aliphatic rings. The quantitative estimate of drug-likeness (QED) is 0.565. The van der Waals surface area contributed by atoms with E-state index >= 15 is 0 Å². The molecule has 4 rings (SSSR count). The Bertz CT molecular complexity index is 797. The van der Waals surface area contributed by atoms with Crippen LogP contribution >= 0.6 is 24.8 Å². The van der Waals surface area contributed by atoms with Gasteiger partial charge >= 0.3 is 0 Å². The molecule has 0 spiro atoms. The van der Waals surface area contributed by atoms with E-state index in [2.05, 4.69) is 40.2 Å². The molecule has 0 amide bonds. The van der Waals surface area contributed by atoms with Crippen molar-refractivity contribution in [1.29, 1.82) is 5.41 Å². The fourth-order valence-corrected chi connectivity index (χ4v) is 3.96. The minimum atomic E-state index is 0. The van der Waals surface area contributed by atoms with Crippen LogP contribution < -0.4 is 15.4 Å². The van der Waals surface area contributed by atoms with E-state index in [1.54, 1.807) is 0 Å². The van der Waals surface area contributed by atoms with Crippen LogP contribution in [-0.4, -0.2) is 42.1 Å². The summed E-state index contributed by atoms with van der Waals surface area (Å²) in [4.78, 5) is 8.42. The minimum Gasteiger partial charge on any atom is -0.493 e. The first-order valence-electron chi connectivity index (χ1n) is 9.67. The number of hydrogen-bond acceptors (Lipinski definition) is 4. The van der Waals surface area contributed by atoms with Crippen molar-refractivity contribution < 1.29 is 4.74 Å². The summed E-state index contributed by atoms with van der Waals surface area (Å²) in [5.74, 6) is 1.66. The zero-order valence-electron chi connectivity index (χ0n) is 16.4. The van der Waals surface area contributed by atoms with Gasteiger partial charge in [0.25, 0.3) is 0 Å². The number of nitrogens with one attached hydrogen (secondary N) is 1. The second-order valence-electron chi connectivity index (χ2n) is 7.43. The number of anilines is 1. The molecule has 0 atom stereocenters. The van der Waals surface area contributed by atoms with Gasteiger partial charge in [0.15, 0.2) is 5.96 Å². The second kappa shape index (κ2) is 10.6. The molecule has 3 N–H and O–H groups in total. The number of hydrogen-bond donors (Lipinski definition) is 2. The molecule has 3 heterocycles. The average Bonchev–Trinajstić information content (AvgIpc) is 2.72. The summed E-state index contributed by atoms with van der Waals surface area (Å²) in [6.45, 7) is 4.41. The van der Waals surface area contributed by atoms with Gasteiger partial charge in [0.2, 0.25) is 0 Å². The Balaban J connectivity index is 0.00000150. The number of nitrogens with two attached hydrogens (primary N) is 1. The Labute approximate surface area is 184 Å². The lowest BCUT2D eigenvalue weighted by Crippen LogP contribution is -2.40. The highest BCUT2D eigenvalue weighted by Crippen LogP contribution is 2.26. The first kappa shape index (κ1) is 23.1. The number of pyridine rings is 1. The van der Waals surface area contributed by atoms with E-state index in [0.29, 0.717) is 12.5 Å². The molecule has 158 valence electrons. The van der Waals surface area contributed by atoms with E-state index in [-0.39, 0.29) is 30.8 Å². The van der Waals surface area contributed by atoms with Crippen molar-refractivity contribution in [3.8, 4) is 5.75 Å². The predicted molar refractivity (Wildman–Crippen MR) is 122 cm³/mol. The molecule has 29 heavy (non-hydrogen) atoms. The van der Waals surface area contributed by atoms with Crippen LogP contribution in [0.2, 0.25) is 0 Å². The van der Waals surface area contributed by atoms with Crippen LogP contribution in [0.4, 0.5) is 5.69 Å². The van der Waals surface area contributed by atoms with Crippen LogP contribution in [0.1, 0.15) is 24.0 Å². The van der Waals surface area contributed by atoms with Gasteiger partial charge in [-0.25, -0.2) is 0 Å². The fraction of sp³-hybridized carbons (Fsp3) is 0.429. The molecule has 0 radical (unpaired) electrons. The van der Waals surface area contributed by atoms with Gasteiger partial charge in [-0.05, 0) is 60.6 Å². The second-order valence-corrected chi connectivity index (χ2v) is 7.43. The van der Waals surface area contributed by atoms with Crippen molar-refractivity contribution in [2.45, 2.75) is 25.8 Å². The molecule has 1 fully saturated rings. The Morgan fingerprint density at radius 1 is 1.07 bits per heavy atom. The van der Waals surface area contributed by atoms with Gasteiger partial charge in [0, 0.05) is 44.3 Å². The van der Waals surface area contributed by atoms with Crippen molar-refractivity contribution in [1.82, 2.24) is 9.88 Å². The molecule has 2 aromatic rings. The molecular formula is C21H29Cl2N5O. The van der Waals surface area contributed by atoms with E-state index in [0.717, 1.165) is 51.3 Å². The van der Waals surface area contributed by atoms with E-state index in [9.17, 15) is 0 Å². The molecule has 0 unspecified atom stereocenters. The highest BCUT2D eigenvalue weighted by Gasteiger charge is 2.21. The molecular weight excluding hydrogens is 409 g/mol. The number of fused-ring (bicyclic) bond motifs is 1. The van der Waals surface area contributed by atoms with Crippen LogP contribution in [0, 0.1) is 11.3 Å². The van der Waals surface area contributed by atoms with Crippen molar-refractivity contribution in [3.05, 3.63) is 53.9 Å². The number of benzene rings is 1. The Kier molecular flexibility index (Phi) is 8.41. The smallest absolute Gasteiger partial charge is 0.188 e. The largest absolute Gasteiger partial charge is 0.493 e. The lowest BCUT2D eigenvalue weighted by atomic mass is 9.97. The van der Waals surface area contributed by atoms with Gasteiger partial charge in [0.05, 0.1) is 6.61 Å². The summed E-state index contributed by atoms with van der Waals surface area (Å²) in [6.07, 6.45) is 6.93. The number of ether oxygens (including phenoxy) is 1. The van der Waals surface area contributed by atoms with Crippen LogP contribution in [-0.2, 0) is 13.0 Å². The lowest BCUT2D eigenvalue weighted by Gasteiger charge is -2.33. The molecule has 2 aliphatic heterocycles. The maximum absolute atomic E-state index is 7.64. The van der Waals surface area contributed by atoms with Crippen LogP contribution in [0.5, 0.6) is 5.75 Å². The zero-order chi connectivity index (χ0) is 18.6. The summed E-state index contributed by atoms with van der Waals surface area (Å²) < 4.78 is 6.12. The van der Waals surface area contributed by atoms with Gasteiger partial charge in [-0.3, -0.25) is 10.4 Å². The normalized spacial score (nSPS) is 16.3. The summed E-state index contributed by atoms with van der Waals surface area (Å²) >= 11 is 0. The third kappa shape index (κ3) is 5.67. The van der Waals surface area contributed by atoms with Gasteiger partial charge in [-0.1, -0.05) is 6.07 Å². The third-order valence-electron chi connectivity index (χ3n) is 5.66. The van der Waals surface area contributed by atoms with Gasteiger partial charge in [0.1, 0.15) is 5.75 Å². The number of piperidine rings is 1. The molecule has 0 saturated carbocycles. The highest BCUT2D eigenvalue weighted by molar-refractivity contribution is 5.85. The van der Waals surface area contributed by atoms with Gasteiger partial charge < -0.3 is 20.3 Å². The molecule has 1 saturated heterocycles. The van der Waals surface area contributed by atoms with Crippen molar-refractivity contribution in [2.75, 3.05) is 31.1 Å². The van der Waals surface area contributed by atoms with E-state index in [1.165, 1.54) is 16.8 Å². The van der Waals surface area contributed by atoms with Gasteiger partial charge in [-0.15, -0.1) is 24.8 Å². The van der Waals surface area contributed by atoms with E-state index in [4.69, 9.17) is 15.9 Å². The van der Waals surface area contributed by atoms with Crippen LogP contribution in [0.25, 0.3) is 0 Å². The topological polar surface area (TPSA) is 78.5 Å². The maximum Gasteiger partial charge on any atom is 0.188 e. The van der Waals surface area contributed by atoms with Crippen molar-refractivity contribution in [2.24, 2.45) is 11.7 Å². The van der Waals surface area contributed by atoms with Crippen LogP contribution in [0.3, 0.4) is 0 Å². The number of guanidine groups is 1. The molecule has 0 aliphatic carbocycles. The minimum absolute atomic E-state index is 0.